The van der Waals surface area contributed by atoms with E-state index in [1.54, 1.807) is 29.1 Å². The Labute approximate surface area is 151 Å². The zero-order valence-corrected chi connectivity index (χ0v) is 14.9. The predicted octanol–water partition coefficient (Wildman–Crippen LogP) is 0.553. The smallest absolute Gasteiger partial charge is 0.238 e. The van der Waals surface area contributed by atoms with Crippen LogP contribution in [0.2, 0.25) is 0 Å². The van der Waals surface area contributed by atoms with E-state index in [0.29, 0.717) is 30.9 Å². The second-order valence-electron chi connectivity index (χ2n) is 6.41. The van der Waals surface area contributed by atoms with Gasteiger partial charge in [-0.25, -0.2) is 5.43 Å². The normalized spacial score (nSPS) is 19.3. The minimum absolute atomic E-state index is 0.00135. The van der Waals surface area contributed by atoms with Gasteiger partial charge in [0.2, 0.25) is 5.91 Å². The number of amides is 1. The van der Waals surface area contributed by atoms with E-state index in [2.05, 4.69) is 21.3 Å². The van der Waals surface area contributed by atoms with E-state index in [0.717, 1.165) is 5.56 Å². The van der Waals surface area contributed by atoms with E-state index in [-0.39, 0.29) is 23.8 Å². The summed E-state index contributed by atoms with van der Waals surface area (Å²) in [7, 11) is 1.84. The summed E-state index contributed by atoms with van der Waals surface area (Å²) in [6, 6.07) is 6.78. The summed E-state index contributed by atoms with van der Waals surface area (Å²) in [5.74, 6) is 0.577. The minimum Gasteiger partial charge on any atom is -0.492 e. The Kier molecular flexibility index (Phi) is 5.65. The Morgan fingerprint density at radius 2 is 2.23 bits per heavy atom. The molecule has 1 fully saturated rings. The third-order valence-electron chi connectivity index (χ3n) is 4.22. The Morgan fingerprint density at radius 3 is 2.96 bits per heavy atom. The Balaban J connectivity index is 1.44. The number of ketones is 1. The maximum Gasteiger partial charge on any atom is 0.238 e. The van der Waals surface area contributed by atoms with Gasteiger partial charge in [-0.3, -0.25) is 19.7 Å². The number of aromatic nitrogens is 2. The van der Waals surface area contributed by atoms with Crippen molar-refractivity contribution in [3.05, 3.63) is 47.8 Å². The van der Waals surface area contributed by atoms with Crippen molar-refractivity contribution in [3.8, 4) is 5.75 Å². The molecule has 0 aliphatic carbocycles. The van der Waals surface area contributed by atoms with Crippen molar-refractivity contribution < 1.29 is 14.3 Å². The number of nitrogens with one attached hydrogen (secondary N) is 3. The predicted molar refractivity (Wildman–Crippen MR) is 95.5 cm³/mol. The van der Waals surface area contributed by atoms with E-state index >= 15 is 0 Å². The molecule has 8 nitrogen and oxygen atoms in total. The van der Waals surface area contributed by atoms with Crippen LogP contribution < -0.4 is 20.9 Å². The Morgan fingerprint density at radius 1 is 1.38 bits per heavy atom. The number of Topliss-reactive ketones (excluding diaryl/α,β-unsaturated/α-hetero) is 1. The molecule has 1 aliphatic heterocycles. The van der Waals surface area contributed by atoms with Gasteiger partial charge in [-0.2, -0.15) is 5.10 Å². The topological polar surface area (TPSA) is 97.3 Å². The summed E-state index contributed by atoms with van der Waals surface area (Å²) in [5, 5.41) is 6.97. The van der Waals surface area contributed by atoms with Crippen LogP contribution in [0.5, 0.6) is 5.75 Å². The molecule has 0 spiro atoms. The molecule has 1 aromatic carbocycles. The van der Waals surface area contributed by atoms with Gasteiger partial charge in [0.15, 0.2) is 5.78 Å². The molecule has 0 bridgehead atoms. The van der Waals surface area contributed by atoms with E-state index in [4.69, 9.17) is 4.74 Å². The first-order chi connectivity index (χ1) is 12.5. The van der Waals surface area contributed by atoms with Gasteiger partial charge in [0.05, 0.1) is 12.2 Å². The summed E-state index contributed by atoms with van der Waals surface area (Å²) in [5.41, 5.74) is 7.65. The van der Waals surface area contributed by atoms with Gasteiger partial charge in [-0.1, -0.05) is 12.1 Å². The SMILES string of the molecule is CC(=O)c1cccc(OCC2CC(C(=O)NCc3cnn(C)c3)NN2)c1. The van der Waals surface area contributed by atoms with Crippen LogP contribution in [-0.2, 0) is 18.4 Å². The molecule has 1 amide bonds. The fraction of sp³-hybridized carbons (Fsp3) is 0.389. The molecule has 2 aromatic rings. The van der Waals surface area contributed by atoms with Gasteiger partial charge in [-0.15, -0.1) is 0 Å². The van der Waals surface area contributed by atoms with Crippen LogP contribution >= 0.6 is 0 Å². The van der Waals surface area contributed by atoms with Crippen LogP contribution in [0.25, 0.3) is 0 Å². The molecule has 2 heterocycles. The van der Waals surface area contributed by atoms with Crippen molar-refractivity contribution in [1.82, 2.24) is 25.9 Å². The second-order valence-corrected chi connectivity index (χ2v) is 6.41. The number of hydrazine groups is 1. The highest BCUT2D eigenvalue weighted by atomic mass is 16.5. The number of carbonyl (C=O) groups excluding carboxylic acids is 2. The number of carbonyl (C=O) groups is 2. The highest BCUT2D eigenvalue weighted by Gasteiger charge is 2.29. The van der Waals surface area contributed by atoms with Crippen LogP contribution in [0.4, 0.5) is 0 Å². The molecule has 3 rings (SSSR count). The lowest BCUT2D eigenvalue weighted by Crippen LogP contribution is -2.43. The zero-order valence-electron chi connectivity index (χ0n) is 14.9. The first kappa shape index (κ1) is 18.1. The van der Waals surface area contributed by atoms with Crippen molar-refractivity contribution >= 4 is 11.7 Å². The van der Waals surface area contributed by atoms with E-state index < -0.39 is 0 Å². The van der Waals surface area contributed by atoms with Gasteiger partial charge >= 0.3 is 0 Å². The zero-order chi connectivity index (χ0) is 18.5. The quantitative estimate of drug-likeness (QED) is 0.626. The lowest BCUT2D eigenvalue weighted by molar-refractivity contribution is -0.123. The highest BCUT2D eigenvalue weighted by Crippen LogP contribution is 2.15. The third kappa shape index (κ3) is 4.68. The summed E-state index contributed by atoms with van der Waals surface area (Å²) in [6.45, 7) is 2.38. The minimum atomic E-state index is -0.316. The molecule has 1 aromatic heterocycles. The largest absolute Gasteiger partial charge is 0.492 e. The van der Waals surface area contributed by atoms with Gasteiger partial charge in [-0.05, 0) is 25.5 Å². The molecule has 1 saturated heterocycles. The molecule has 2 atom stereocenters. The van der Waals surface area contributed by atoms with Crippen molar-refractivity contribution in [2.75, 3.05) is 6.61 Å². The average Bonchev–Trinajstić information content (AvgIpc) is 3.27. The van der Waals surface area contributed by atoms with Gasteiger partial charge in [0.25, 0.3) is 0 Å². The number of nitrogens with zero attached hydrogens (tertiary/aromatic N) is 2. The monoisotopic (exact) mass is 357 g/mol. The van der Waals surface area contributed by atoms with Crippen LogP contribution in [0.15, 0.2) is 36.7 Å². The van der Waals surface area contributed by atoms with Crippen LogP contribution in [0, 0.1) is 0 Å². The standard InChI is InChI=1S/C18H23N5O3/c1-12(24)14-4-3-5-16(6-14)26-11-15-7-17(22-21-15)18(25)19-8-13-9-20-23(2)10-13/h3-6,9-10,15,17,21-22H,7-8,11H2,1-2H3,(H,19,25). The third-order valence-corrected chi connectivity index (χ3v) is 4.22. The van der Waals surface area contributed by atoms with Gasteiger partial charge in [0.1, 0.15) is 18.4 Å². The fourth-order valence-corrected chi connectivity index (χ4v) is 2.78. The molecular formula is C18H23N5O3. The highest BCUT2D eigenvalue weighted by molar-refractivity contribution is 5.94. The summed E-state index contributed by atoms with van der Waals surface area (Å²) in [6.07, 6.45) is 4.21. The van der Waals surface area contributed by atoms with Crippen LogP contribution in [0.1, 0.15) is 29.3 Å². The van der Waals surface area contributed by atoms with Crippen LogP contribution in [-0.4, -0.2) is 40.2 Å². The first-order valence-corrected chi connectivity index (χ1v) is 8.51. The molecule has 1 aliphatic rings. The number of hydrogen-bond acceptors (Lipinski definition) is 6. The summed E-state index contributed by atoms with van der Waals surface area (Å²) >= 11 is 0. The van der Waals surface area contributed by atoms with Crippen molar-refractivity contribution in [1.29, 1.82) is 0 Å². The second kappa shape index (κ2) is 8.11. The Bertz CT molecular complexity index is 789. The molecule has 0 saturated carbocycles. The number of aryl methyl sites for hydroxylation is 1. The lowest BCUT2D eigenvalue weighted by atomic mass is 10.1. The first-order valence-electron chi connectivity index (χ1n) is 8.51. The number of rotatable bonds is 7. The number of hydrogen-bond donors (Lipinski definition) is 3. The molecule has 3 N–H and O–H groups in total. The maximum atomic E-state index is 12.2. The van der Waals surface area contributed by atoms with Crippen molar-refractivity contribution in [2.45, 2.75) is 32.0 Å². The molecule has 0 radical (unpaired) electrons. The molecule has 138 valence electrons. The van der Waals surface area contributed by atoms with E-state index in [9.17, 15) is 9.59 Å². The van der Waals surface area contributed by atoms with Gasteiger partial charge < -0.3 is 10.1 Å². The van der Waals surface area contributed by atoms with Crippen LogP contribution in [0.3, 0.4) is 0 Å². The summed E-state index contributed by atoms with van der Waals surface area (Å²) < 4.78 is 7.44. The fourth-order valence-electron chi connectivity index (χ4n) is 2.78. The molecular weight excluding hydrogens is 334 g/mol. The number of ether oxygens (including phenoxy) is 1. The number of benzene rings is 1. The summed E-state index contributed by atoms with van der Waals surface area (Å²) in [4.78, 5) is 23.7. The van der Waals surface area contributed by atoms with Crippen molar-refractivity contribution in [2.24, 2.45) is 7.05 Å². The average molecular weight is 357 g/mol. The molecule has 8 heteroatoms. The van der Waals surface area contributed by atoms with Crippen molar-refractivity contribution in [3.63, 3.8) is 0 Å². The lowest BCUT2D eigenvalue weighted by Gasteiger charge is -2.12. The van der Waals surface area contributed by atoms with E-state index in [1.165, 1.54) is 6.92 Å². The van der Waals surface area contributed by atoms with Gasteiger partial charge in [0, 0.05) is 30.9 Å². The maximum absolute atomic E-state index is 12.2. The molecule has 26 heavy (non-hydrogen) atoms. The Hall–Kier alpha value is -2.71. The van der Waals surface area contributed by atoms with E-state index in [1.807, 2.05) is 19.3 Å². The molecule has 2 unspecified atom stereocenters.